The van der Waals surface area contributed by atoms with Crippen LogP contribution in [0.5, 0.6) is 0 Å². The number of carbonyl (C=O) groups is 1. The Kier molecular flexibility index (Phi) is 7.71. The van der Waals surface area contributed by atoms with Crippen molar-refractivity contribution in [2.45, 2.75) is 30.4 Å². The number of allylic oxidation sites excluding steroid dienone is 1. The quantitative estimate of drug-likeness (QED) is 0.345. The fourth-order valence-corrected chi connectivity index (χ4v) is 4.40. The Bertz CT molecular complexity index is 1170. The zero-order valence-electron chi connectivity index (χ0n) is 18.4. The predicted molar refractivity (Wildman–Crippen MR) is 123 cm³/mol. The highest BCUT2D eigenvalue weighted by Gasteiger charge is 2.39. The largest absolute Gasteiger partial charge is 0.458 e. The van der Waals surface area contributed by atoms with Gasteiger partial charge >= 0.3 is 12.1 Å². The van der Waals surface area contributed by atoms with Crippen LogP contribution in [0.3, 0.4) is 0 Å². The van der Waals surface area contributed by atoms with E-state index >= 15 is 0 Å². The molecule has 2 aromatic rings. The van der Waals surface area contributed by atoms with Gasteiger partial charge < -0.3 is 14.7 Å². The van der Waals surface area contributed by atoms with Crippen molar-refractivity contribution in [1.29, 1.82) is 5.26 Å². The zero-order chi connectivity index (χ0) is 25.0. The minimum absolute atomic E-state index is 0.0460. The number of hydrogen-bond donors (Lipinski definition) is 2. The highest BCUT2D eigenvalue weighted by molar-refractivity contribution is 7.98. The number of alkyl halides is 3. The Hall–Kier alpha value is -3.26. The lowest BCUT2D eigenvalue weighted by molar-refractivity contribution is -0.139. The first-order chi connectivity index (χ1) is 16.1. The van der Waals surface area contributed by atoms with E-state index in [-0.39, 0.29) is 23.6 Å². The molecule has 3 rings (SSSR count). The van der Waals surface area contributed by atoms with Crippen LogP contribution in [-0.2, 0) is 15.7 Å². The summed E-state index contributed by atoms with van der Waals surface area (Å²) >= 11 is 1.35. The summed E-state index contributed by atoms with van der Waals surface area (Å²) in [6, 6.07) is 10.6. The number of halogens is 3. The van der Waals surface area contributed by atoms with Gasteiger partial charge in [-0.25, -0.2) is 4.79 Å². The van der Waals surface area contributed by atoms with Gasteiger partial charge in [-0.2, -0.15) is 18.4 Å². The van der Waals surface area contributed by atoms with Crippen LogP contribution in [-0.4, -0.2) is 30.3 Å². The van der Waals surface area contributed by atoms with Gasteiger partial charge in [0.25, 0.3) is 0 Å². The Labute approximate surface area is 199 Å². The van der Waals surface area contributed by atoms with Gasteiger partial charge in [0, 0.05) is 16.3 Å². The van der Waals surface area contributed by atoms with Crippen LogP contribution in [0.1, 0.15) is 29.7 Å². The molecule has 0 radical (unpaired) electrons. The average molecular weight is 490 g/mol. The number of nitriles is 1. The number of hydrogen-bond acceptors (Lipinski definition) is 7. The number of nitrogens with zero attached hydrogens (tertiary/aromatic N) is 2. The SMILES string of the molecule is C=CCOC(=O)C1=C(C)N(c2cccc(C(F)(F)F)c2)C(O)NC1c1ccc(C#N)cc1SC. The van der Waals surface area contributed by atoms with Gasteiger partial charge in [-0.3, -0.25) is 5.32 Å². The molecule has 1 heterocycles. The third-order valence-corrected chi connectivity index (χ3v) is 6.07. The fourth-order valence-electron chi connectivity index (χ4n) is 3.74. The summed E-state index contributed by atoms with van der Waals surface area (Å²) in [6.45, 7) is 4.99. The third kappa shape index (κ3) is 5.12. The molecule has 10 heteroatoms. The number of thioether (sulfide) groups is 1. The van der Waals surface area contributed by atoms with Gasteiger partial charge in [0.2, 0.25) is 0 Å². The highest BCUT2D eigenvalue weighted by Crippen LogP contribution is 2.40. The Morgan fingerprint density at radius 2 is 2.09 bits per heavy atom. The van der Waals surface area contributed by atoms with Gasteiger partial charge in [0.15, 0.2) is 6.35 Å². The van der Waals surface area contributed by atoms with Crippen molar-refractivity contribution in [3.05, 3.63) is 83.1 Å². The zero-order valence-corrected chi connectivity index (χ0v) is 19.2. The molecule has 2 atom stereocenters. The minimum Gasteiger partial charge on any atom is -0.458 e. The molecular weight excluding hydrogens is 467 g/mol. The van der Waals surface area contributed by atoms with Crippen molar-refractivity contribution >= 4 is 23.4 Å². The summed E-state index contributed by atoms with van der Waals surface area (Å²) < 4.78 is 45.1. The first-order valence-corrected chi connectivity index (χ1v) is 11.3. The van der Waals surface area contributed by atoms with Crippen molar-refractivity contribution in [1.82, 2.24) is 5.32 Å². The molecule has 2 N–H and O–H groups in total. The van der Waals surface area contributed by atoms with Crippen molar-refractivity contribution < 1.29 is 27.8 Å². The Morgan fingerprint density at radius 1 is 1.35 bits per heavy atom. The van der Waals surface area contributed by atoms with Crippen LogP contribution in [0, 0.1) is 11.3 Å². The molecule has 178 valence electrons. The molecule has 0 fully saturated rings. The average Bonchev–Trinajstić information content (AvgIpc) is 2.81. The number of anilines is 1. The molecule has 0 saturated carbocycles. The van der Waals surface area contributed by atoms with Crippen molar-refractivity contribution in [3.8, 4) is 6.07 Å². The number of aliphatic hydroxyl groups is 1. The van der Waals surface area contributed by atoms with Crippen LogP contribution in [0.2, 0.25) is 0 Å². The van der Waals surface area contributed by atoms with Crippen LogP contribution >= 0.6 is 11.8 Å². The first-order valence-electron chi connectivity index (χ1n) is 10.1. The Morgan fingerprint density at radius 3 is 2.71 bits per heavy atom. The normalized spacial score (nSPS) is 18.4. The molecule has 1 aliphatic rings. The molecule has 0 amide bonds. The Balaban J connectivity index is 2.18. The van der Waals surface area contributed by atoms with Gasteiger partial charge in [-0.15, -0.1) is 11.8 Å². The maximum atomic E-state index is 13.3. The molecule has 0 aromatic heterocycles. The first kappa shape index (κ1) is 25.4. The standard InChI is InChI=1S/C24H22F3N3O3S/c1-4-10-33-22(31)20-14(2)30(17-7-5-6-16(12-17)24(25,26)27)23(32)29-21(20)18-9-8-15(13-28)11-19(18)34-3/h4-9,11-12,21,23,29,32H,1,10H2,2-3H3. The van der Waals surface area contributed by atoms with E-state index in [9.17, 15) is 28.3 Å². The van der Waals surface area contributed by atoms with E-state index in [0.29, 0.717) is 16.0 Å². The van der Waals surface area contributed by atoms with Crippen LogP contribution in [0.15, 0.2) is 71.3 Å². The second-order valence-electron chi connectivity index (χ2n) is 7.35. The molecule has 1 aliphatic heterocycles. The summed E-state index contributed by atoms with van der Waals surface area (Å²) in [7, 11) is 0. The number of esters is 1. The number of aliphatic hydroxyl groups excluding tert-OH is 1. The molecule has 2 unspecified atom stereocenters. The van der Waals surface area contributed by atoms with Crippen LogP contribution < -0.4 is 10.2 Å². The summed E-state index contributed by atoms with van der Waals surface area (Å²) in [5.41, 5.74) is 0.528. The van der Waals surface area contributed by atoms with E-state index in [4.69, 9.17) is 4.74 Å². The van der Waals surface area contributed by atoms with E-state index in [1.165, 1.54) is 41.8 Å². The lowest BCUT2D eigenvalue weighted by atomic mass is 9.93. The third-order valence-electron chi connectivity index (χ3n) is 5.28. The molecular formula is C24H22F3N3O3S. The summed E-state index contributed by atoms with van der Waals surface area (Å²) in [6.07, 6.45) is -2.82. The molecule has 0 saturated heterocycles. The van der Waals surface area contributed by atoms with Crippen molar-refractivity contribution in [2.75, 3.05) is 17.8 Å². The lowest BCUT2D eigenvalue weighted by Gasteiger charge is -2.41. The maximum Gasteiger partial charge on any atom is 0.416 e. The van der Waals surface area contributed by atoms with Gasteiger partial charge in [-0.1, -0.05) is 24.8 Å². The summed E-state index contributed by atoms with van der Waals surface area (Å²) in [5.74, 6) is -0.713. The van der Waals surface area contributed by atoms with Crippen LogP contribution in [0.4, 0.5) is 18.9 Å². The lowest BCUT2D eigenvalue weighted by Crippen LogP contribution is -2.52. The molecule has 0 bridgehead atoms. The van der Waals surface area contributed by atoms with E-state index in [0.717, 1.165) is 12.1 Å². The second-order valence-corrected chi connectivity index (χ2v) is 8.19. The smallest absolute Gasteiger partial charge is 0.416 e. The van der Waals surface area contributed by atoms with Crippen LogP contribution in [0.25, 0.3) is 0 Å². The van der Waals surface area contributed by atoms with Crippen molar-refractivity contribution in [3.63, 3.8) is 0 Å². The second kappa shape index (κ2) is 10.3. The van der Waals surface area contributed by atoms with Crippen molar-refractivity contribution in [2.24, 2.45) is 0 Å². The number of carbonyl (C=O) groups excluding carboxylic acids is 1. The van der Waals surface area contributed by atoms with E-state index in [2.05, 4.69) is 18.0 Å². The monoisotopic (exact) mass is 489 g/mol. The number of ether oxygens (including phenoxy) is 1. The number of nitrogens with one attached hydrogen (secondary N) is 1. The molecule has 2 aromatic carbocycles. The topological polar surface area (TPSA) is 85.6 Å². The molecule has 0 spiro atoms. The van der Waals surface area contributed by atoms with Gasteiger partial charge in [0.05, 0.1) is 28.8 Å². The fraction of sp³-hybridized carbons (Fsp3) is 0.250. The van der Waals surface area contributed by atoms with E-state index in [1.54, 1.807) is 24.5 Å². The summed E-state index contributed by atoms with van der Waals surface area (Å²) in [5, 5.41) is 23.1. The van der Waals surface area contributed by atoms with Gasteiger partial charge in [-0.05, 0) is 49.1 Å². The molecule has 6 nitrogen and oxygen atoms in total. The maximum absolute atomic E-state index is 13.3. The molecule has 34 heavy (non-hydrogen) atoms. The molecule has 0 aliphatic carbocycles. The van der Waals surface area contributed by atoms with Gasteiger partial charge in [0.1, 0.15) is 6.61 Å². The highest BCUT2D eigenvalue weighted by atomic mass is 32.2. The summed E-state index contributed by atoms with van der Waals surface area (Å²) in [4.78, 5) is 15.0. The van der Waals surface area contributed by atoms with E-state index in [1.807, 2.05) is 0 Å². The van der Waals surface area contributed by atoms with E-state index < -0.39 is 30.1 Å². The number of benzene rings is 2. The predicted octanol–water partition coefficient (Wildman–Crippen LogP) is 4.73. The minimum atomic E-state index is -4.58. The number of rotatable bonds is 6.